The summed E-state index contributed by atoms with van der Waals surface area (Å²) in [4.78, 5) is 15.5. The average Bonchev–Trinajstić information content (AvgIpc) is 2.70. The Kier molecular flexibility index (Phi) is 46.4. The van der Waals surface area contributed by atoms with Gasteiger partial charge in [-0.25, -0.2) is 12.3 Å². The van der Waals surface area contributed by atoms with Crippen LogP contribution in [0.4, 0.5) is 0 Å². The van der Waals surface area contributed by atoms with Gasteiger partial charge in [-0.05, 0) is 0 Å². The van der Waals surface area contributed by atoms with E-state index >= 15 is 0 Å². The Hall–Kier alpha value is -0.197. The van der Waals surface area contributed by atoms with Gasteiger partial charge in [0.2, 0.25) is 0 Å². The van der Waals surface area contributed by atoms with Crippen molar-refractivity contribution < 1.29 is 29.1 Å². The molecule has 0 amide bonds. The van der Waals surface area contributed by atoms with Crippen molar-refractivity contribution in [1.29, 1.82) is 0 Å². The molecule has 0 aromatic heterocycles. The third kappa shape index (κ3) is 25.8. The molecule has 2 unspecified atom stereocenters. The van der Waals surface area contributed by atoms with E-state index in [1.54, 1.807) is 0 Å². The minimum atomic E-state index is 0. The predicted molar refractivity (Wildman–Crippen MR) is 116 cm³/mol. The second-order valence-electron chi connectivity index (χ2n) is 5.59. The molecule has 0 aromatic rings. The van der Waals surface area contributed by atoms with Gasteiger partial charge in [-0.1, -0.05) is 80.1 Å². The van der Waals surface area contributed by atoms with Gasteiger partial charge in [0.25, 0.3) is 0 Å². The van der Waals surface area contributed by atoms with E-state index in [4.69, 9.17) is 9.59 Å². The zero-order valence-electron chi connectivity index (χ0n) is 18.7. The SMILES string of the molecule is CC[N-]C([N-]CC)C(C)CC.CC[N-]C([N-]CC)C(C)CC.[CH-]=O.[CH-]=O.[Ru+6]. The minimum Gasteiger partial charge on any atom is -0.678 e. The van der Waals surface area contributed by atoms with E-state index in [9.17, 15) is 0 Å². The average molecular weight is 472 g/mol. The van der Waals surface area contributed by atoms with Crippen molar-refractivity contribution >= 4 is 13.6 Å². The quantitative estimate of drug-likeness (QED) is 0.206. The fourth-order valence-electron chi connectivity index (χ4n) is 2.01. The van der Waals surface area contributed by atoms with Crippen LogP contribution in [0, 0.1) is 11.8 Å². The summed E-state index contributed by atoms with van der Waals surface area (Å²) < 4.78 is 0. The Bertz CT molecular complexity index is 216. The molecular formula is C20H42N4O2Ru. The first-order chi connectivity index (χ1) is 12.5. The van der Waals surface area contributed by atoms with Crippen LogP contribution in [-0.2, 0) is 29.1 Å². The van der Waals surface area contributed by atoms with Crippen LogP contribution in [0.25, 0.3) is 21.3 Å². The van der Waals surface area contributed by atoms with Crippen LogP contribution in [0.5, 0.6) is 0 Å². The summed E-state index contributed by atoms with van der Waals surface area (Å²) in [7, 11) is 0. The van der Waals surface area contributed by atoms with Crippen LogP contribution in [0.3, 0.4) is 0 Å². The molecule has 0 aliphatic carbocycles. The summed E-state index contributed by atoms with van der Waals surface area (Å²) in [6.07, 6.45) is 2.82. The summed E-state index contributed by atoms with van der Waals surface area (Å²) in [5, 5.41) is 17.7. The van der Waals surface area contributed by atoms with Gasteiger partial charge in [0.15, 0.2) is 0 Å². The number of carbonyl (C=O) groups excluding carboxylic acids is 2. The topological polar surface area (TPSA) is 90.5 Å². The molecule has 27 heavy (non-hydrogen) atoms. The molecular weight excluding hydrogens is 429 g/mol. The molecule has 6 nitrogen and oxygen atoms in total. The fraction of sp³-hybridized carbons (Fsp3) is 0.900. The molecule has 0 heterocycles. The number of hydrogen-bond donors (Lipinski definition) is 0. The van der Waals surface area contributed by atoms with E-state index in [2.05, 4.69) is 90.2 Å². The summed E-state index contributed by atoms with van der Waals surface area (Å²) in [5.41, 5.74) is 0. The maximum atomic E-state index is 7.75. The molecule has 7 heteroatoms. The van der Waals surface area contributed by atoms with Crippen LogP contribution in [0.2, 0.25) is 0 Å². The second-order valence-corrected chi connectivity index (χ2v) is 5.59. The molecule has 0 fully saturated rings. The second kappa shape index (κ2) is 33.4. The maximum Gasteiger partial charge on any atom is 6.00 e. The molecule has 0 N–H and O–H groups in total. The molecule has 0 aliphatic heterocycles. The molecule has 0 bridgehead atoms. The fourth-order valence-corrected chi connectivity index (χ4v) is 2.01. The monoisotopic (exact) mass is 472 g/mol. The smallest absolute Gasteiger partial charge is 0.678 e. The van der Waals surface area contributed by atoms with Crippen LogP contribution < -0.4 is 0 Å². The van der Waals surface area contributed by atoms with Crippen molar-refractivity contribution in [2.24, 2.45) is 11.8 Å². The van der Waals surface area contributed by atoms with E-state index in [1.165, 1.54) is 0 Å². The summed E-state index contributed by atoms with van der Waals surface area (Å²) in [5.74, 6) is 1.21. The van der Waals surface area contributed by atoms with Crippen molar-refractivity contribution in [2.75, 3.05) is 26.2 Å². The van der Waals surface area contributed by atoms with Crippen molar-refractivity contribution in [3.63, 3.8) is 0 Å². The minimum absolute atomic E-state index is 0. The zero-order valence-corrected chi connectivity index (χ0v) is 20.4. The van der Waals surface area contributed by atoms with Gasteiger partial charge in [0.05, 0.1) is 0 Å². The van der Waals surface area contributed by atoms with E-state index < -0.39 is 0 Å². The van der Waals surface area contributed by atoms with Crippen LogP contribution >= 0.6 is 0 Å². The first-order valence-electron chi connectivity index (χ1n) is 9.65. The van der Waals surface area contributed by atoms with Crippen LogP contribution in [0.15, 0.2) is 0 Å². The van der Waals surface area contributed by atoms with E-state index in [-0.39, 0.29) is 31.8 Å². The molecule has 0 saturated heterocycles. The zero-order chi connectivity index (χ0) is 21.4. The Morgan fingerprint density at radius 1 is 0.556 bits per heavy atom. The van der Waals surface area contributed by atoms with Gasteiger partial charge in [-0.2, -0.15) is 26.2 Å². The van der Waals surface area contributed by atoms with Crippen LogP contribution in [-0.4, -0.2) is 52.1 Å². The Morgan fingerprint density at radius 2 is 0.741 bits per heavy atom. The van der Waals surface area contributed by atoms with Crippen molar-refractivity contribution in [1.82, 2.24) is 0 Å². The Balaban J connectivity index is -0.0000000975. The van der Waals surface area contributed by atoms with Gasteiger partial charge in [0.1, 0.15) is 0 Å². The van der Waals surface area contributed by atoms with Gasteiger partial charge in [0, 0.05) is 0 Å². The van der Waals surface area contributed by atoms with E-state index in [0.29, 0.717) is 11.8 Å². The molecule has 0 aromatic carbocycles. The maximum absolute atomic E-state index is 7.75. The molecule has 0 aliphatic rings. The van der Waals surface area contributed by atoms with Crippen molar-refractivity contribution in [3.05, 3.63) is 21.3 Å². The third-order valence-corrected chi connectivity index (χ3v) is 3.78. The first kappa shape index (κ1) is 37.5. The normalized spacial score (nSPS) is 11.6. The predicted octanol–water partition coefficient (Wildman–Crippen LogP) is 5.74. The van der Waals surface area contributed by atoms with Gasteiger partial charge in [-0.3, -0.25) is 13.6 Å². The molecule has 0 saturated carbocycles. The number of rotatable bonds is 12. The Labute approximate surface area is 182 Å². The van der Waals surface area contributed by atoms with Crippen molar-refractivity contribution in [2.45, 2.75) is 80.6 Å². The van der Waals surface area contributed by atoms with Crippen LogP contribution in [0.1, 0.15) is 68.2 Å². The number of nitrogens with zero attached hydrogens (tertiary/aromatic N) is 4. The van der Waals surface area contributed by atoms with E-state index in [0.717, 1.165) is 39.0 Å². The third-order valence-electron chi connectivity index (χ3n) is 3.78. The van der Waals surface area contributed by atoms with Gasteiger partial charge in [-0.15, -0.1) is 0 Å². The molecule has 0 spiro atoms. The molecule has 162 valence electrons. The van der Waals surface area contributed by atoms with E-state index in [1.807, 2.05) is 0 Å². The first-order valence-corrected chi connectivity index (χ1v) is 9.65. The summed E-state index contributed by atoms with van der Waals surface area (Å²) in [6.45, 7) is 27.1. The summed E-state index contributed by atoms with van der Waals surface area (Å²) >= 11 is 0. The molecule has 2 atom stereocenters. The van der Waals surface area contributed by atoms with Gasteiger partial charge >= 0.3 is 19.5 Å². The van der Waals surface area contributed by atoms with Crippen molar-refractivity contribution in [3.8, 4) is 0 Å². The molecule has 0 rings (SSSR count). The largest absolute Gasteiger partial charge is 6.00 e. The standard InChI is InChI=1S/2C9H20N2.2CHO.Ru/c2*1-5-8(4)9(10-6-2)11-7-3;2*1-2;/h2*8-9H,5-7H2,1-4H3;2*1H;/q2*-2;2*-1;+6. The van der Waals surface area contributed by atoms with Gasteiger partial charge < -0.3 is 30.9 Å². The Morgan fingerprint density at radius 3 is 0.852 bits per heavy atom. The number of hydrogen-bond acceptors (Lipinski definition) is 2. The molecule has 0 radical (unpaired) electrons. The summed E-state index contributed by atoms with van der Waals surface area (Å²) in [6, 6.07) is 0.